The van der Waals surface area contributed by atoms with Gasteiger partial charge in [-0.05, 0) is 25.7 Å². The van der Waals surface area contributed by atoms with Gasteiger partial charge >= 0.3 is 5.97 Å². The molecule has 0 aromatic heterocycles. The van der Waals surface area contributed by atoms with Gasteiger partial charge in [-0.2, -0.15) is 0 Å². The van der Waals surface area contributed by atoms with Crippen LogP contribution >= 0.6 is 0 Å². The monoisotopic (exact) mass is 327 g/mol. The summed E-state index contributed by atoms with van der Waals surface area (Å²) in [4.78, 5) is 16.4. The fourth-order valence-corrected chi connectivity index (χ4v) is 2.40. The van der Waals surface area contributed by atoms with Crippen LogP contribution in [-0.4, -0.2) is 19.7 Å². The van der Waals surface area contributed by atoms with Crippen molar-refractivity contribution in [2.75, 3.05) is 13.7 Å². The summed E-state index contributed by atoms with van der Waals surface area (Å²) in [5, 5.41) is 0. The van der Waals surface area contributed by atoms with Crippen molar-refractivity contribution in [2.45, 2.75) is 90.4 Å². The van der Waals surface area contributed by atoms with E-state index in [0.29, 0.717) is 6.42 Å². The van der Waals surface area contributed by atoms with Crippen LogP contribution in [0.4, 0.5) is 0 Å². The lowest BCUT2D eigenvalue weighted by atomic mass is 10.1. The number of unbranched alkanes of at least 4 members (excludes halogenated alkanes) is 9. The van der Waals surface area contributed by atoms with E-state index in [1.807, 2.05) is 0 Å². The third kappa shape index (κ3) is 17.2. The van der Waals surface area contributed by atoms with Crippen LogP contribution in [0.3, 0.4) is 0 Å². The van der Waals surface area contributed by atoms with Crippen LogP contribution in [0, 0.1) is 0 Å². The average molecular weight is 328 g/mol. The molecule has 4 heteroatoms. The summed E-state index contributed by atoms with van der Waals surface area (Å²) in [6, 6.07) is 0. The van der Waals surface area contributed by atoms with Crippen molar-refractivity contribution in [3.8, 4) is 0 Å². The molecule has 0 rings (SSSR count). The molecule has 0 radical (unpaired) electrons. The van der Waals surface area contributed by atoms with Crippen molar-refractivity contribution in [1.29, 1.82) is 0 Å². The van der Waals surface area contributed by atoms with E-state index in [0.717, 1.165) is 44.4 Å². The largest absolute Gasteiger partial charge is 0.469 e. The van der Waals surface area contributed by atoms with Gasteiger partial charge in [0.05, 0.1) is 13.7 Å². The molecule has 0 bridgehead atoms. The van der Waals surface area contributed by atoms with Gasteiger partial charge in [-0.15, -0.1) is 0 Å². The number of nitrogens with one attached hydrogen (secondary N) is 1. The zero-order valence-corrected chi connectivity index (χ0v) is 15.3. The predicted octanol–water partition coefficient (Wildman–Crippen LogP) is 5.29. The molecule has 0 saturated heterocycles. The number of hydrogen-bond donors (Lipinski definition) is 1. The summed E-state index contributed by atoms with van der Waals surface area (Å²) in [6.45, 7) is 6.98. The predicted molar refractivity (Wildman–Crippen MR) is 95.9 cm³/mol. The second-order valence-electron chi connectivity index (χ2n) is 6.17. The third-order valence-electron chi connectivity index (χ3n) is 3.90. The Morgan fingerprint density at radius 1 is 0.870 bits per heavy atom. The number of hydrogen-bond acceptors (Lipinski definition) is 4. The van der Waals surface area contributed by atoms with Gasteiger partial charge in [-0.25, -0.2) is 0 Å². The Morgan fingerprint density at radius 2 is 1.43 bits per heavy atom. The van der Waals surface area contributed by atoms with Crippen molar-refractivity contribution in [2.24, 2.45) is 0 Å². The number of hydroxylamine groups is 1. The Bertz CT molecular complexity index is 292. The van der Waals surface area contributed by atoms with Gasteiger partial charge in [-0.1, -0.05) is 64.9 Å². The summed E-state index contributed by atoms with van der Waals surface area (Å²) in [5.74, 6) is -0.0993. The van der Waals surface area contributed by atoms with Crippen molar-refractivity contribution in [1.82, 2.24) is 5.48 Å². The molecule has 0 aliphatic rings. The van der Waals surface area contributed by atoms with Crippen LogP contribution in [0.15, 0.2) is 12.3 Å². The Balaban J connectivity index is 3.20. The quantitative estimate of drug-likeness (QED) is 0.224. The zero-order chi connectivity index (χ0) is 17.2. The number of carbonyl (C=O) groups excluding carboxylic acids is 1. The van der Waals surface area contributed by atoms with Gasteiger partial charge in [0.1, 0.15) is 0 Å². The molecule has 23 heavy (non-hydrogen) atoms. The molecule has 0 fully saturated rings. The minimum atomic E-state index is -0.0993. The number of rotatable bonds is 17. The standard InChI is InChI=1S/C19H37NO3/c1-4-5-6-11-14-17-23-20-18(2)15-12-9-7-8-10-13-16-19(21)22-3/h20H,2,4-17H2,1,3H3. The van der Waals surface area contributed by atoms with Crippen molar-refractivity contribution < 1.29 is 14.4 Å². The van der Waals surface area contributed by atoms with Crippen molar-refractivity contribution >= 4 is 5.97 Å². The molecular formula is C19H37NO3. The van der Waals surface area contributed by atoms with Gasteiger partial charge < -0.3 is 4.74 Å². The zero-order valence-electron chi connectivity index (χ0n) is 15.3. The highest BCUT2D eigenvalue weighted by molar-refractivity contribution is 5.68. The van der Waals surface area contributed by atoms with Gasteiger partial charge in [-0.3, -0.25) is 15.1 Å². The summed E-state index contributed by atoms with van der Waals surface area (Å²) in [6.07, 6.45) is 14.6. The molecule has 0 heterocycles. The van der Waals surface area contributed by atoms with Crippen LogP contribution < -0.4 is 5.48 Å². The van der Waals surface area contributed by atoms with Gasteiger partial charge in [0.2, 0.25) is 0 Å². The molecule has 4 nitrogen and oxygen atoms in total. The second kappa shape index (κ2) is 17.3. The first-order chi connectivity index (χ1) is 11.2. The van der Waals surface area contributed by atoms with Crippen LogP contribution in [0.25, 0.3) is 0 Å². The molecule has 0 aliphatic carbocycles. The lowest BCUT2D eigenvalue weighted by Gasteiger charge is -2.09. The maximum absolute atomic E-state index is 10.9. The molecule has 136 valence electrons. The molecule has 0 aromatic carbocycles. The van der Waals surface area contributed by atoms with E-state index in [1.54, 1.807) is 0 Å². The normalized spacial score (nSPS) is 10.5. The number of esters is 1. The Kier molecular flexibility index (Phi) is 16.5. The average Bonchev–Trinajstić information content (AvgIpc) is 2.56. The molecule has 0 atom stereocenters. The smallest absolute Gasteiger partial charge is 0.305 e. The van der Waals surface area contributed by atoms with Crippen LogP contribution in [0.1, 0.15) is 90.4 Å². The summed E-state index contributed by atoms with van der Waals surface area (Å²) in [5.41, 5.74) is 3.93. The van der Waals surface area contributed by atoms with Crippen LogP contribution in [0.5, 0.6) is 0 Å². The van der Waals surface area contributed by atoms with E-state index in [9.17, 15) is 4.79 Å². The molecule has 0 spiro atoms. The van der Waals surface area contributed by atoms with Gasteiger partial charge in [0, 0.05) is 12.1 Å². The molecule has 0 amide bonds. The topological polar surface area (TPSA) is 47.6 Å². The van der Waals surface area contributed by atoms with Gasteiger partial charge in [0.25, 0.3) is 0 Å². The molecule has 0 saturated carbocycles. The lowest BCUT2D eigenvalue weighted by molar-refractivity contribution is -0.140. The molecule has 0 aromatic rings. The molecule has 0 unspecified atom stereocenters. The first-order valence-corrected chi connectivity index (χ1v) is 9.33. The van der Waals surface area contributed by atoms with E-state index in [4.69, 9.17) is 4.84 Å². The first kappa shape index (κ1) is 22.0. The van der Waals surface area contributed by atoms with E-state index < -0.39 is 0 Å². The molecule has 1 N–H and O–H groups in total. The number of allylic oxidation sites excluding steroid dienone is 1. The highest BCUT2D eigenvalue weighted by atomic mass is 16.6. The molecule has 0 aliphatic heterocycles. The maximum Gasteiger partial charge on any atom is 0.305 e. The second-order valence-corrected chi connectivity index (χ2v) is 6.17. The maximum atomic E-state index is 10.9. The number of ether oxygens (including phenoxy) is 1. The summed E-state index contributed by atoms with van der Waals surface area (Å²) >= 11 is 0. The van der Waals surface area contributed by atoms with E-state index >= 15 is 0 Å². The first-order valence-electron chi connectivity index (χ1n) is 9.33. The van der Waals surface area contributed by atoms with Crippen molar-refractivity contribution in [3.05, 3.63) is 12.3 Å². The van der Waals surface area contributed by atoms with Crippen LogP contribution in [-0.2, 0) is 14.4 Å². The summed E-state index contributed by atoms with van der Waals surface area (Å²) in [7, 11) is 1.44. The minimum absolute atomic E-state index is 0.0993. The fraction of sp³-hybridized carbons (Fsp3) is 0.842. The lowest BCUT2D eigenvalue weighted by Crippen LogP contribution is -2.14. The fourth-order valence-electron chi connectivity index (χ4n) is 2.40. The highest BCUT2D eigenvalue weighted by Gasteiger charge is 1.99. The number of methoxy groups -OCH3 is 1. The summed E-state index contributed by atoms with van der Waals surface area (Å²) < 4.78 is 4.62. The van der Waals surface area contributed by atoms with Gasteiger partial charge in [0.15, 0.2) is 0 Å². The van der Waals surface area contributed by atoms with Crippen LogP contribution in [0.2, 0.25) is 0 Å². The highest BCUT2D eigenvalue weighted by Crippen LogP contribution is 2.11. The van der Waals surface area contributed by atoms with Crippen molar-refractivity contribution in [3.63, 3.8) is 0 Å². The van der Waals surface area contributed by atoms with E-state index in [2.05, 4.69) is 23.7 Å². The molecular weight excluding hydrogens is 290 g/mol. The SMILES string of the molecule is C=C(CCCCCCCCC(=O)OC)NOCCCCCCC. The van der Waals surface area contributed by atoms with E-state index in [-0.39, 0.29) is 5.97 Å². The Labute approximate surface area is 143 Å². The Morgan fingerprint density at radius 3 is 2.09 bits per heavy atom. The number of carbonyl (C=O) groups is 1. The minimum Gasteiger partial charge on any atom is -0.469 e. The Hall–Kier alpha value is -1.03. The third-order valence-corrected chi connectivity index (χ3v) is 3.90. The van der Waals surface area contributed by atoms with E-state index in [1.165, 1.54) is 52.1 Å².